The van der Waals surface area contributed by atoms with E-state index in [1.165, 1.54) is 70.7 Å². The van der Waals surface area contributed by atoms with E-state index < -0.39 is 0 Å². The zero-order valence-electron chi connectivity index (χ0n) is 23.8. The fourth-order valence-corrected chi connectivity index (χ4v) is 4.71. The third-order valence-electron chi connectivity index (χ3n) is 6.89. The minimum Gasteiger partial charge on any atom is -0.0955 e. The molecule has 0 heterocycles. The number of hydrogen-bond acceptors (Lipinski definition) is 0. The molecule has 0 spiro atoms. The maximum atomic E-state index is 4.37. The molecule has 1 unspecified atom stereocenters. The van der Waals surface area contributed by atoms with Gasteiger partial charge in [-0.25, -0.2) is 0 Å². The van der Waals surface area contributed by atoms with Gasteiger partial charge in [0.05, 0.1) is 0 Å². The van der Waals surface area contributed by atoms with E-state index in [4.69, 9.17) is 0 Å². The molecule has 36 heavy (non-hydrogen) atoms. The Labute approximate surface area is 221 Å². The Hall–Kier alpha value is -2.86. The topological polar surface area (TPSA) is 0 Å². The molecular formula is C36H48. The Morgan fingerprint density at radius 1 is 0.778 bits per heavy atom. The maximum Gasteiger partial charge on any atom is -0.0152 e. The second-order valence-corrected chi connectivity index (χ2v) is 10.8. The van der Waals surface area contributed by atoms with Gasteiger partial charge in [0.15, 0.2) is 0 Å². The van der Waals surface area contributed by atoms with Gasteiger partial charge in [0.25, 0.3) is 0 Å². The quantitative estimate of drug-likeness (QED) is 0.256. The Morgan fingerprint density at radius 2 is 1.47 bits per heavy atom. The molecular weight excluding hydrogens is 432 g/mol. The van der Waals surface area contributed by atoms with Crippen LogP contribution in [0.2, 0.25) is 0 Å². The van der Waals surface area contributed by atoms with Gasteiger partial charge in [-0.15, -0.1) is 0 Å². The van der Waals surface area contributed by atoms with Gasteiger partial charge in [-0.2, -0.15) is 0 Å². The number of benzene rings is 3. The van der Waals surface area contributed by atoms with Gasteiger partial charge in [0, 0.05) is 0 Å². The maximum absolute atomic E-state index is 4.37. The lowest BCUT2D eigenvalue weighted by molar-refractivity contribution is 0.462. The Balaban J connectivity index is 0.000000278. The van der Waals surface area contributed by atoms with Crippen LogP contribution in [0.25, 0.3) is 27.5 Å². The molecule has 0 N–H and O–H groups in total. The monoisotopic (exact) mass is 480 g/mol. The average Bonchev–Trinajstić information content (AvgIpc) is 2.85. The van der Waals surface area contributed by atoms with Crippen LogP contribution in [0.1, 0.15) is 95.9 Å². The molecule has 0 heteroatoms. The van der Waals surface area contributed by atoms with Crippen molar-refractivity contribution in [2.24, 2.45) is 11.8 Å². The van der Waals surface area contributed by atoms with Crippen LogP contribution in [-0.4, -0.2) is 0 Å². The van der Waals surface area contributed by atoms with Crippen LogP contribution in [0.4, 0.5) is 0 Å². The standard InChI is InChI=1S/C22H32.C14H16/c1-8-10-11-19(9-2)14-18(7)21-13-12-20(16(3)4)15-22(21)17(5)6;1-11(2)9-12-7-8-13-5-3-4-6-14(13)10-12/h12-13,15,19H,3,5,7-11,14H2,1-2,4,6H3;3-8,10-11H,9H2,1-2H3. The molecule has 0 bridgehead atoms. The van der Waals surface area contributed by atoms with Crippen LogP contribution < -0.4 is 0 Å². The van der Waals surface area contributed by atoms with E-state index >= 15 is 0 Å². The summed E-state index contributed by atoms with van der Waals surface area (Å²) in [6, 6.07) is 21.8. The van der Waals surface area contributed by atoms with Crippen LogP contribution >= 0.6 is 0 Å². The molecule has 3 rings (SSSR count). The van der Waals surface area contributed by atoms with E-state index in [-0.39, 0.29) is 0 Å². The summed E-state index contributed by atoms with van der Waals surface area (Å²) in [4.78, 5) is 0. The molecule has 0 radical (unpaired) electrons. The first-order chi connectivity index (χ1) is 17.2. The fraction of sp³-hybridized carbons (Fsp3) is 0.389. The summed E-state index contributed by atoms with van der Waals surface area (Å²) in [5.41, 5.74) is 8.54. The minimum atomic E-state index is 0.733. The van der Waals surface area contributed by atoms with Gasteiger partial charge in [0.2, 0.25) is 0 Å². The van der Waals surface area contributed by atoms with Crippen molar-refractivity contribution in [1.82, 2.24) is 0 Å². The van der Waals surface area contributed by atoms with Crippen LogP contribution in [-0.2, 0) is 6.42 Å². The van der Waals surface area contributed by atoms with Gasteiger partial charge in [-0.3, -0.25) is 0 Å². The Bertz CT molecular complexity index is 1160. The molecule has 0 saturated heterocycles. The molecule has 0 aromatic heterocycles. The summed E-state index contributed by atoms with van der Waals surface area (Å²) in [7, 11) is 0. The molecule has 192 valence electrons. The SMILES string of the molecule is C=C(C)c1ccc(C(=C)CC(CC)CCCC)c(C(=C)C)c1.CC(C)Cc1ccc2ccccc2c1. The summed E-state index contributed by atoms with van der Waals surface area (Å²) in [5.74, 6) is 1.47. The van der Waals surface area contributed by atoms with Gasteiger partial charge >= 0.3 is 0 Å². The summed E-state index contributed by atoms with van der Waals surface area (Å²) < 4.78 is 0. The summed E-state index contributed by atoms with van der Waals surface area (Å²) >= 11 is 0. The zero-order valence-corrected chi connectivity index (χ0v) is 23.8. The summed E-state index contributed by atoms with van der Waals surface area (Å²) in [6.07, 6.45) is 7.37. The highest BCUT2D eigenvalue weighted by Gasteiger charge is 2.13. The normalized spacial score (nSPS) is 11.6. The van der Waals surface area contributed by atoms with Gasteiger partial charge in [-0.1, -0.05) is 139 Å². The molecule has 1 atom stereocenters. The summed E-state index contributed by atoms with van der Waals surface area (Å²) in [6.45, 7) is 25.8. The van der Waals surface area contributed by atoms with Crippen molar-refractivity contribution >= 4 is 27.5 Å². The van der Waals surface area contributed by atoms with E-state index in [0.717, 1.165) is 29.4 Å². The van der Waals surface area contributed by atoms with Crippen molar-refractivity contribution in [2.75, 3.05) is 0 Å². The molecule has 0 aliphatic rings. The van der Waals surface area contributed by atoms with Crippen LogP contribution in [0.5, 0.6) is 0 Å². The number of fused-ring (bicyclic) bond motifs is 1. The predicted molar refractivity (Wildman–Crippen MR) is 165 cm³/mol. The van der Waals surface area contributed by atoms with Crippen molar-refractivity contribution in [2.45, 2.75) is 80.1 Å². The second kappa shape index (κ2) is 14.6. The smallest absolute Gasteiger partial charge is 0.0152 e. The molecule has 0 amide bonds. The zero-order chi connectivity index (χ0) is 26.7. The first kappa shape index (κ1) is 29.4. The first-order valence-electron chi connectivity index (χ1n) is 13.8. The van der Waals surface area contributed by atoms with Gasteiger partial charge < -0.3 is 0 Å². The number of rotatable bonds is 11. The Morgan fingerprint density at radius 3 is 2.06 bits per heavy atom. The number of unbranched alkanes of at least 4 members (excludes halogenated alkanes) is 1. The van der Waals surface area contributed by atoms with E-state index in [0.29, 0.717) is 0 Å². The van der Waals surface area contributed by atoms with E-state index in [9.17, 15) is 0 Å². The van der Waals surface area contributed by atoms with Crippen LogP contribution in [0.3, 0.4) is 0 Å². The second-order valence-electron chi connectivity index (χ2n) is 10.8. The highest BCUT2D eigenvalue weighted by atomic mass is 14.2. The van der Waals surface area contributed by atoms with Crippen molar-refractivity contribution in [1.29, 1.82) is 0 Å². The first-order valence-corrected chi connectivity index (χ1v) is 13.8. The van der Waals surface area contributed by atoms with Crippen LogP contribution in [0.15, 0.2) is 80.4 Å². The minimum absolute atomic E-state index is 0.733. The molecule has 0 nitrogen and oxygen atoms in total. The summed E-state index contributed by atoms with van der Waals surface area (Å²) in [5, 5.41) is 2.69. The van der Waals surface area contributed by atoms with Crippen molar-refractivity contribution in [3.8, 4) is 0 Å². The molecule has 0 saturated carbocycles. The molecule has 0 fully saturated rings. The van der Waals surface area contributed by atoms with Crippen molar-refractivity contribution in [3.05, 3.63) is 103 Å². The molecule has 3 aromatic carbocycles. The number of hydrogen-bond donors (Lipinski definition) is 0. The Kier molecular flexibility index (Phi) is 11.9. The third-order valence-corrected chi connectivity index (χ3v) is 6.89. The highest BCUT2D eigenvalue weighted by molar-refractivity contribution is 5.83. The van der Waals surface area contributed by atoms with E-state index in [1.54, 1.807) is 0 Å². The highest BCUT2D eigenvalue weighted by Crippen LogP contribution is 2.32. The van der Waals surface area contributed by atoms with Crippen molar-refractivity contribution < 1.29 is 0 Å². The van der Waals surface area contributed by atoms with E-state index in [2.05, 4.69) is 115 Å². The molecule has 0 aliphatic heterocycles. The largest absolute Gasteiger partial charge is 0.0955 e. The molecule has 0 aliphatic carbocycles. The molecule has 3 aromatic rings. The number of allylic oxidation sites excluding steroid dienone is 3. The average molecular weight is 481 g/mol. The lowest BCUT2D eigenvalue weighted by Gasteiger charge is -2.19. The van der Waals surface area contributed by atoms with Crippen molar-refractivity contribution in [3.63, 3.8) is 0 Å². The van der Waals surface area contributed by atoms with Gasteiger partial charge in [0.1, 0.15) is 0 Å². The lowest BCUT2D eigenvalue weighted by atomic mass is 9.86. The third kappa shape index (κ3) is 8.98. The van der Waals surface area contributed by atoms with E-state index in [1.807, 2.05) is 6.92 Å². The predicted octanol–water partition coefficient (Wildman–Crippen LogP) is 11.4. The fourth-order valence-electron chi connectivity index (χ4n) is 4.71. The lowest BCUT2D eigenvalue weighted by Crippen LogP contribution is -2.02. The van der Waals surface area contributed by atoms with Gasteiger partial charge in [-0.05, 0) is 83.2 Å². The van der Waals surface area contributed by atoms with Crippen LogP contribution in [0, 0.1) is 11.8 Å².